The van der Waals surface area contributed by atoms with Crippen LogP contribution in [0.15, 0.2) is 18.6 Å². The van der Waals surface area contributed by atoms with E-state index in [0.29, 0.717) is 0 Å². The molecule has 0 bridgehead atoms. The number of aromatic carboxylic acids is 1. The Morgan fingerprint density at radius 2 is 2.26 bits per heavy atom. The third-order valence-electron chi connectivity index (χ3n) is 2.10. The number of hydrogen-bond acceptors (Lipinski definition) is 7. The molecule has 2 rings (SSSR count). The first-order valence-corrected chi connectivity index (χ1v) is 4.73. The zero-order valence-electron chi connectivity index (χ0n) is 9.09. The molecule has 0 unspecified atom stereocenters. The van der Waals surface area contributed by atoms with Crippen molar-refractivity contribution in [1.82, 2.24) is 19.7 Å². The molecule has 10 heteroatoms. The second-order valence-electron chi connectivity index (χ2n) is 3.25. The van der Waals surface area contributed by atoms with Crippen molar-refractivity contribution in [2.45, 2.75) is 0 Å². The van der Waals surface area contributed by atoms with Crippen LogP contribution in [0.2, 0.25) is 0 Å². The molecule has 19 heavy (non-hydrogen) atoms. The highest BCUT2D eigenvalue weighted by Gasteiger charge is 2.21. The Morgan fingerprint density at radius 1 is 1.53 bits per heavy atom. The van der Waals surface area contributed by atoms with Crippen LogP contribution in [-0.2, 0) is 0 Å². The largest absolute Gasteiger partial charge is 0.478 e. The number of nitro groups is 1. The number of carboxylic acids is 1. The summed E-state index contributed by atoms with van der Waals surface area (Å²) in [6, 6.07) is 2.52. The number of nitrogens with zero attached hydrogens (tertiary/aromatic N) is 6. The molecule has 0 saturated carbocycles. The molecule has 94 valence electrons. The lowest BCUT2D eigenvalue weighted by atomic mass is 10.2. The van der Waals surface area contributed by atoms with Gasteiger partial charge < -0.3 is 5.11 Å². The minimum absolute atomic E-state index is 0.182. The van der Waals surface area contributed by atoms with E-state index in [1.54, 1.807) is 6.07 Å². The minimum atomic E-state index is -1.33. The Balaban J connectivity index is 2.60. The number of nitriles is 1. The van der Waals surface area contributed by atoms with E-state index in [9.17, 15) is 14.9 Å². The molecule has 0 fully saturated rings. The molecule has 10 nitrogen and oxygen atoms in total. The molecule has 0 radical (unpaired) electrons. The van der Waals surface area contributed by atoms with Crippen LogP contribution in [-0.4, -0.2) is 35.7 Å². The van der Waals surface area contributed by atoms with Gasteiger partial charge in [-0.1, -0.05) is 0 Å². The summed E-state index contributed by atoms with van der Waals surface area (Å²) in [7, 11) is 0. The third kappa shape index (κ3) is 2.20. The molecule has 2 aromatic rings. The Hall–Kier alpha value is -3.35. The highest BCUT2D eigenvalue weighted by Crippen LogP contribution is 2.20. The number of aromatic nitrogens is 4. The van der Waals surface area contributed by atoms with Gasteiger partial charge in [-0.05, 0) is 0 Å². The van der Waals surface area contributed by atoms with Crippen molar-refractivity contribution in [2.24, 2.45) is 0 Å². The monoisotopic (exact) mass is 260 g/mol. The summed E-state index contributed by atoms with van der Waals surface area (Å²) < 4.78 is 0.933. The van der Waals surface area contributed by atoms with Crippen LogP contribution < -0.4 is 0 Å². The van der Waals surface area contributed by atoms with Gasteiger partial charge in [-0.25, -0.2) is 14.8 Å². The zero-order chi connectivity index (χ0) is 14.0. The summed E-state index contributed by atoms with van der Waals surface area (Å²) in [6.45, 7) is 0. The van der Waals surface area contributed by atoms with Gasteiger partial charge in [-0.2, -0.15) is 9.94 Å². The molecule has 0 atom stereocenters. The smallest absolute Gasteiger partial charge is 0.337 e. The van der Waals surface area contributed by atoms with Gasteiger partial charge in [0.25, 0.3) is 5.82 Å². The number of rotatable bonds is 3. The molecule has 0 aliphatic carbocycles. The van der Waals surface area contributed by atoms with Crippen LogP contribution in [0.5, 0.6) is 0 Å². The summed E-state index contributed by atoms with van der Waals surface area (Å²) in [6.07, 6.45) is 2.03. The van der Waals surface area contributed by atoms with Crippen molar-refractivity contribution in [1.29, 1.82) is 5.26 Å². The Morgan fingerprint density at radius 3 is 2.79 bits per heavy atom. The normalized spacial score (nSPS) is 9.84. The minimum Gasteiger partial charge on any atom is -0.478 e. The van der Waals surface area contributed by atoms with Crippen LogP contribution in [0, 0.1) is 21.4 Å². The van der Waals surface area contributed by atoms with Gasteiger partial charge in [0.15, 0.2) is 0 Å². The first-order valence-electron chi connectivity index (χ1n) is 4.73. The van der Waals surface area contributed by atoms with E-state index in [4.69, 9.17) is 10.4 Å². The zero-order valence-corrected chi connectivity index (χ0v) is 9.09. The van der Waals surface area contributed by atoms with Gasteiger partial charge in [-0.15, -0.1) is 5.10 Å². The second kappa shape index (κ2) is 4.49. The molecular weight excluding hydrogens is 256 g/mol. The standard InChI is InChI=1S/C9H4N6O4/c10-2-7-12-4-14(13-7)8-6(15(18)19)1-5(3-11-8)9(16)17/h1,3-4H,(H,16,17). The van der Waals surface area contributed by atoms with E-state index in [2.05, 4.69) is 15.1 Å². The summed E-state index contributed by atoms with van der Waals surface area (Å²) in [4.78, 5) is 28.1. The molecule has 0 aliphatic heterocycles. The predicted octanol–water partition coefficient (Wildman–Crippen LogP) is 0.140. The molecule has 0 spiro atoms. The van der Waals surface area contributed by atoms with Crippen molar-refractivity contribution in [3.05, 3.63) is 40.1 Å². The maximum absolute atomic E-state index is 10.9. The van der Waals surface area contributed by atoms with Gasteiger partial charge in [0.1, 0.15) is 12.4 Å². The fourth-order valence-electron chi connectivity index (χ4n) is 1.29. The van der Waals surface area contributed by atoms with Gasteiger partial charge in [-0.3, -0.25) is 10.1 Å². The average molecular weight is 260 g/mol. The summed E-state index contributed by atoms with van der Waals surface area (Å²) in [5.41, 5.74) is -0.870. The lowest BCUT2D eigenvalue weighted by Gasteiger charge is -2.01. The van der Waals surface area contributed by atoms with E-state index in [-0.39, 0.29) is 17.2 Å². The van der Waals surface area contributed by atoms with Gasteiger partial charge in [0.05, 0.1) is 10.5 Å². The number of hydrogen-bond donors (Lipinski definition) is 1. The summed E-state index contributed by atoms with van der Waals surface area (Å²) in [5.74, 6) is -1.74. The first-order chi connectivity index (χ1) is 9.02. The van der Waals surface area contributed by atoms with E-state index >= 15 is 0 Å². The number of carboxylic acid groups (broad SMARTS) is 1. The maximum atomic E-state index is 10.9. The fraction of sp³-hybridized carbons (Fsp3) is 0. The average Bonchev–Trinajstić information content (AvgIpc) is 2.86. The quantitative estimate of drug-likeness (QED) is 0.605. The molecule has 2 aromatic heterocycles. The Kier molecular flexibility index (Phi) is 2.86. The topological polar surface area (TPSA) is 148 Å². The van der Waals surface area contributed by atoms with Crippen molar-refractivity contribution >= 4 is 11.7 Å². The molecule has 1 N–H and O–H groups in total. The molecule has 2 heterocycles. The fourth-order valence-corrected chi connectivity index (χ4v) is 1.29. The summed E-state index contributed by atoms with van der Waals surface area (Å²) >= 11 is 0. The highest BCUT2D eigenvalue weighted by atomic mass is 16.6. The predicted molar refractivity (Wildman–Crippen MR) is 57.5 cm³/mol. The van der Waals surface area contributed by atoms with Crippen molar-refractivity contribution < 1.29 is 14.8 Å². The van der Waals surface area contributed by atoms with Gasteiger partial charge in [0.2, 0.25) is 5.82 Å². The van der Waals surface area contributed by atoms with Crippen LogP contribution >= 0.6 is 0 Å². The molecular formula is C9H4N6O4. The van der Waals surface area contributed by atoms with Crippen LogP contribution in [0.25, 0.3) is 5.82 Å². The van der Waals surface area contributed by atoms with E-state index < -0.39 is 16.6 Å². The lowest BCUT2D eigenvalue weighted by molar-refractivity contribution is -0.385. The molecule has 0 saturated heterocycles. The molecule has 0 aliphatic rings. The van der Waals surface area contributed by atoms with Gasteiger partial charge in [0, 0.05) is 12.3 Å². The first kappa shape index (κ1) is 12.1. The van der Waals surface area contributed by atoms with Crippen molar-refractivity contribution in [3.8, 4) is 11.9 Å². The lowest BCUT2D eigenvalue weighted by Crippen LogP contribution is -2.07. The molecule has 0 aromatic carbocycles. The highest BCUT2D eigenvalue weighted by molar-refractivity contribution is 5.88. The maximum Gasteiger partial charge on any atom is 0.337 e. The van der Waals surface area contributed by atoms with E-state index in [1.807, 2.05) is 0 Å². The van der Waals surface area contributed by atoms with Gasteiger partial charge >= 0.3 is 11.7 Å². The number of pyridine rings is 1. The van der Waals surface area contributed by atoms with Crippen LogP contribution in [0.3, 0.4) is 0 Å². The molecule has 0 amide bonds. The van der Waals surface area contributed by atoms with Crippen molar-refractivity contribution in [2.75, 3.05) is 0 Å². The third-order valence-corrected chi connectivity index (χ3v) is 2.10. The number of carbonyl (C=O) groups is 1. The van der Waals surface area contributed by atoms with E-state index in [0.717, 1.165) is 23.3 Å². The Bertz CT molecular complexity index is 716. The van der Waals surface area contributed by atoms with E-state index in [1.165, 1.54) is 0 Å². The van der Waals surface area contributed by atoms with Crippen molar-refractivity contribution in [3.63, 3.8) is 0 Å². The van der Waals surface area contributed by atoms with Crippen LogP contribution in [0.1, 0.15) is 16.2 Å². The Labute approximate surface area is 104 Å². The summed E-state index contributed by atoms with van der Waals surface area (Å²) in [5, 5.41) is 31.9. The van der Waals surface area contributed by atoms with Crippen LogP contribution in [0.4, 0.5) is 5.69 Å². The second-order valence-corrected chi connectivity index (χ2v) is 3.25. The SMILES string of the molecule is N#Cc1ncn(-c2ncc(C(=O)O)cc2[N+](=O)[O-])n1.